The van der Waals surface area contributed by atoms with Crippen LogP contribution in [0.5, 0.6) is 5.75 Å². The number of benzene rings is 2. The summed E-state index contributed by atoms with van der Waals surface area (Å²) >= 11 is 0. The van der Waals surface area contributed by atoms with E-state index in [1.54, 1.807) is 0 Å². The number of terminal acetylenes is 1. The lowest BCUT2D eigenvalue weighted by atomic mass is 10.1. The predicted molar refractivity (Wildman–Crippen MR) is 107 cm³/mol. The molecule has 0 spiro atoms. The molecule has 0 heterocycles. The van der Waals surface area contributed by atoms with Crippen LogP contribution in [0.2, 0.25) is 0 Å². The number of hydrogen-bond donors (Lipinski definition) is 2. The highest BCUT2D eigenvalue weighted by Gasteiger charge is 2.27. The minimum atomic E-state index is -3.50. The second kappa shape index (κ2) is 8.91. The van der Waals surface area contributed by atoms with Crippen LogP contribution < -0.4 is 14.8 Å². The second-order valence-corrected chi connectivity index (χ2v) is 8.28. The van der Waals surface area contributed by atoms with Crippen LogP contribution in [0.15, 0.2) is 53.4 Å². The van der Waals surface area contributed by atoms with E-state index in [-0.39, 0.29) is 23.5 Å². The monoisotopic (exact) mass is 398 g/mol. The Labute approximate surface area is 165 Å². The Balaban J connectivity index is 1.48. The Bertz CT molecular complexity index is 957. The topological polar surface area (TPSA) is 84.5 Å². The minimum absolute atomic E-state index is 0.0472. The number of sulfonamides is 1. The van der Waals surface area contributed by atoms with Crippen LogP contribution in [-0.4, -0.2) is 33.5 Å². The Kier molecular flexibility index (Phi) is 6.34. The molecule has 1 fully saturated rings. The molecular weight excluding hydrogens is 376 g/mol. The van der Waals surface area contributed by atoms with Crippen LogP contribution in [-0.2, 0) is 16.4 Å². The minimum Gasteiger partial charge on any atom is -0.481 e. The average molecular weight is 398 g/mol. The summed E-state index contributed by atoms with van der Waals surface area (Å²) < 4.78 is 32.2. The van der Waals surface area contributed by atoms with Gasteiger partial charge in [-0.2, -0.15) is 0 Å². The van der Waals surface area contributed by atoms with Crippen LogP contribution in [0.4, 0.5) is 0 Å². The molecule has 0 atom stereocenters. The smallest absolute Gasteiger partial charge is 0.251 e. The van der Waals surface area contributed by atoms with Gasteiger partial charge in [0.25, 0.3) is 5.91 Å². The molecule has 1 saturated carbocycles. The molecule has 1 amide bonds. The third-order valence-corrected chi connectivity index (χ3v) is 5.81. The first-order chi connectivity index (χ1) is 13.5. The maximum atomic E-state index is 12.2. The van der Waals surface area contributed by atoms with Crippen LogP contribution in [0.3, 0.4) is 0 Å². The quantitative estimate of drug-likeness (QED) is 0.634. The summed E-state index contributed by atoms with van der Waals surface area (Å²) in [7, 11) is -3.50. The van der Waals surface area contributed by atoms with Gasteiger partial charge in [-0.25, -0.2) is 13.1 Å². The summed E-state index contributed by atoms with van der Waals surface area (Å²) in [5.74, 6) is 2.87. The van der Waals surface area contributed by atoms with E-state index < -0.39 is 10.0 Å². The molecule has 0 bridgehead atoms. The van der Waals surface area contributed by atoms with Crippen LogP contribution in [0.1, 0.15) is 28.8 Å². The molecule has 2 aromatic rings. The van der Waals surface area contributed by atoms with Crippen molar-refractivity contribution in [2.24, 2.45) is 0 Å². The van der Waals surface area contributed by atoms with Gasteiger partial charge in [0.15, 0.2) is 0 Å². The summed E-state index contributed by atoms with van der Waals surface area (Å²) in [5, 5.41) is 2.83. The van der Waals surface area contributed by atoms with Crippen molar-refractivity contribution in [1.29, 1.82) is 0 Å². The van der Waals surface area contributed by atoms with E-state index in [9.17, 15) is 13.2 Å². The third-order valence-electron chi connectivity index (χ3n) is 4.27. The summed E-state index contributed by atoms with van der Waals surface area (Å²) in [4.78, 5) is 12.4. The summed E-state index contributed by atoms with van der Waals surface area (Å²) in [5.41, 5.74) is 1.48. The van der Waals surface area contributed by atoms with Gasteiger partial charge in [-0.05, 0) is 61.2 Å². The zero-order chi connectivity index (χ0) is 20.0. The van der Waals surface area contributed by atoms with Gasteiger partial charge in [0, 0.05) is 18.2 Å². The Hall–Kier alpha value is -2.82. The normalized spacial score (nSPS) is 13.5. The maximum Gasteiger partial charge on any atom is 0.251 e. The van der Waals surface area contributed by atoms with Crippen LogP contribution in [0.25, 0.3) is 0 Å². The first-order valence-corrected chi connectivity index (χ1v) is 10.5. The molecule has 0 aromatic heterocycles. The largest absolute Gasteiger partial charge is 0.481 e. The van der Waals surface area contributed by atoms with Gasteiger partial charge in [0.05, 0.1) is 4.90 Å². The van der Waals surface area contributed by atoms with Gasteiger partial charge >= 0.3 is 0 Å². The Morgan fingerprint density at radius 1 is 1.11 bits per heavy atom. The molecule has 1 aliphatic rings. The van der Waals surface area contributed by atoms with Crippen molar-refractivity contribution in [3.63, 3.8) is 0 Å². The van der Waals surface area contributed by atoms with E-state index in [0.29, 0.717) is 24.3 Å². The lowest BCUT2D eigenvalue weighted by molar-refractivity contribution is 0.0954. The number of carbonyl (C=O) groups excluding carboxylic acids is 1. The van der Waals surface area contributed by atoms with Crippen molar-refractivity contribution in [3.8, 4) is 18.1 Å². The fourth-order valence-corrected chi connectivity index (χ4v) is 3.88. The fraction of sp³-hybridized carbons (Fsp3) is 0.286. The number of ether oxygens (including phenoxy) is 1. The molecule has 7 heteroatoms. The third kappa shape index (κ3) is 5.59. The van der Waals surface area contributed by atoms with Crippen molar-refractivity contribution in [3.05, 3.63) is 59.7 Å². The van der Waals surface area contributed by atoms with Gasteiger partial charge < -0.3 is 10.1 Å². The van der Waals surface area contributed by atoms with Crippen LogP contribution >= 0.6 is 0 Å². The zero-order valence-electron chi connectivity index (χ0n) is 15.4. The molecular formula is C21H22N2O4S. The molecule has 0 unspecified atom stereocenters. The highest BCUT2D eigenvalue weighted by molar-refractivity contribution is 7.89. The number of amides is 1. The lowest BCUT2D eigenvalue weighted by Crippen LogP contribution is -2.27. The zero-order valence-corrected chi connectivity index (χ0v) is 16.2. The van der Waals surface area contributed by atoms with E-state index in [2.05, 4.69) is 16.0 Å². The molecule has 2 aromatic carbocycles. The molecule has 1 aliphatic carbocycles. The van der Waals surface area contributed by atoms with Crippen molar-refractivity contribution in [1.82, 2.24) is 10.0 Å². The summed E-state index contributed by atoms with van der Waals surface area (Å²) in [6.07, 6.45) is 7.57. The van der Waals surface area contributed by atoms with Crippen LogP contribution in [0, 0.1) is 12.3 Å². The average Bonchev–Trinajstić information content (AvgIpc) is 3.50. The molecule has 146 valence electrons. The molecule has 6 nitrogen and oxygen atoms in total. The SMILES string of the molecule is C#CCOc1ccc(CCNC(=O)c2ccc(S(=O)(=O)NC3CC3)cc2)cc1. The summed E-state index contributed by atoms with van der Waals surface area (Å²) in [6.45, 7) is 0.693. The fourth-order valence-electron chi connectivity index (χ4n) is 2.57. The number of carbonyl (C=O) groups is 1. The van der Waals surface area contributed by atoms with Gasteiger partial charge in [0.1, 0.15) is 12.4 Å². The van der Waals surface area contributed by atoms with Crippen molar-refractivity contribution in [2.75, 3.05) is 13.2 Å². The highest BCUT2D eigenvalue weighted by Crippen LogP contribution is 2.22. The molecule has 3 rings (SSSR count). The molecule has 0 saturated heterocycles. The van der Waals surface area contributed by atoms with Crippen molar-refractivity contribution in [2.45, 2.75) is 30.2 Å². The maximum absolute atomic E-state index is 12.2. The Morgan fingerprint density at radius 3 is 2.39 bits per heavy atom. The van der Waals surface area contributed by atoms with E-state index in [1.165, 1.54) is 24.3 Å². The van der Waals surface area contributed by atoms with Gasteiger partial charge in [-0.1, -0.05) is 18.1 Å². The van der Waals surface area contributed by atoms with E-state index >= 15 is 0 Å². The number of hydrogen-bond acceptors (Lipinski definition) is 4. The highest BCUT2D eigenvalue weighted by atomic mass is 32.2. The van der Waals surface area contributed by atoms with Gasteiger partial charge in [-0.15, -0.1) is 6.42 Å². The first kappa shape index (κ1) is 19.9. The molecule has 28 heavy (non-hydrogen) atoms. The second-order valence-electron chi connectivity index (χ2n) is 6.56. The molecule has 0 radical (unpaired) electrons. The number of nitrogens with one attached hydrogen (secondary N) is 2. The number of rotatable bonds is 9. The van der Waals surface area contributed by atoms with Gasteiger partial charge in [0.2, 0.25) is 10.0 Å². The Morgan fingerprint density at radius 2 is 1.79 bits per heavy atom. The van der Waals surface area contributed by atoms with Crippen molar-refractivity contribution >= 4 is 15.9 Å². The standard InChI is InChI=1S/C21H22N2O4S/c1-2-15-27-19-9-3-16(4-10-19)13-14-22-21(24)17-5-11-20(12-6-17)28(25,26)23-18-7-8-18/h1,3-6,9-12,18,23H,7-8,13-15H2,(H,22,24). The van der Waals surface area contributed by atoms with Crippen molar-refractivity contribution < 1.29 is 17.9 Å². The van der Waals surface area contributed by atoms with Gasteiger partial charge in [-0.3, -0.25) is 4.79 Å². The molecule has 2 N–H and O–H groups in total. The van der Waals surface area contributed by atoms with E-state index in [0.717, 1.165) is 18.4 Å². The van der Waals surface area contributed by atoms with E-state index in [1.807, 2.05) is 24.3 Å². The van der Waals surface area contributed by atoms with E-state index in [4.69, 9.17) is 11.2 Å². The molecule has 0 aliphatic heterocycles. The first-order valence-electron chi connectivity index (χ1n) is 9.04. The lowest BCUT2D eigenvalue weighted by Gasteiger charge is -2.08. The summed E-state index contributed by atoms with van der Waals surface area (Å²) in [6, 6.07) is 13.5. The predicted octanol–water partition coefficient (Wildman–Crippen LogP) is 2.11.